The minimum Gasteiger partial charge on any atom is -0.370 e. The average Bonchev–Trinajstić information content (AvgIpc) is 3.39. The van der Waals surface area contributed by atoms with Crippen molar-refractivity contribution in [3.05, 3.63) is 22.5 Å². The number of rotatable bonds is 4. The average molecular weight is 348 g/mol. The molecule has 1 aromatic rings. The Bertz CT molecular complexity index is 631. The number of anilines is 1. The molecule has 0 spiro atoms. The zero-order valence-corrected chi connectivity index (χ0v) is 15.1. The highest BCUT2D eigenvalue weighted by Crippen LogP contribution is 2.38. The first kappa shape index (κ1) is 16.3. The summed E-state index contributed by atoms with van der Waals surface area (Å²) in [6.07, 6.45) is 7.70. The minimum atomic E-state index is 0.187. The number of aromatic nitrogens is 1. The summed E-state index contributed by atoms with van der Waals surface area (Å²) < 4.78 is 0. The molecule has 3 heterocycles. The maximum Gasteiger partial charge on any atom is 0.123 e. The number of aldehydes is 1. The number of hydrogen-bond acceptors (Lipinski definition) is 4. The molecule has 0 aromatic carbocycles. The van der Waals surface area contributed by atoms with Gasteiger partial charge in [-0.15, -0.1) is 0 Å². The third-order valence-corrected chi connectivity index (χ3v) is 6.20. The van der Waals surface area contributed by atoms with Crippen LogP contribution < -0.4 is 4.90 Å². The molecule has 2 atom stereocenters. The predicted molar refractivity (Wildman–Crippen MR) is 96.5 cm³/mol. The molecule has 1 unspecified atom stereocenters. The monoisotopic (exact) mass is 347 g/mol. The molecule has 1 saturated carbocycles. The van der Waals surface area contributed by atoms with Gasteiger partial charge in [-0.2, -0.15) is 0 Å². The Kier molecular flexibility index (Phi) is 4.52. The van der Waals surface area contributed by atoms with Gasteiger partial charge in [0.05, 0.1) is 16.4 Å². The van der Waals surface area contributed by atoms with Crippen LogP contribution in [0.3, 0.4) is 0 Å². The lowest BCUT2D eigenvalue weighted by Gasteiger charge is -2.39. The normalized spacial score (nSPS) is 27.8. The standard InChI is InChI=1S/C19H26ClN3O/c1-13-9-23(7-4-15(13)12-24)19-16-5-6-22(10-14-2-3-14)11-18(16)21-8-17(19)20/h8,12-15H,2-7,9-11H2,1H3/t13-,15?/m1/s1. The molecular weight excluding hydrogens is 322 g/mol. The molecule has 0 bridgehead atoms. The number of pyridine rings is 1. The number of carbonyl (C=O) groups is 1. The van der Waals surface area contributed by atoms with Crippen molar-refractivity contribution in [2.24, 2.45) is 17.8 Å². The van der Waals surface area contributed by atoms with Crippen LogP contribution in [0.4, 0.5) is 5.69 Å². The Balaban J connectivity index is 1.56. The highest BCUT2D eigenvalue weighted by atomic mass is 35.5. The van der Waals surface area contributed by atoms with Crippen molar-refractivity contribution >= 4 is 23.6 Å². The zero-order chi connectivity index (χ0) is 16.7. The van der Waals surface area contributed by atoms with Gasteiger partial charge in [-0.05, 0) is 37.5 Å². The summed E-state index contributed by atoms with van der Waals surface area (Å²) in [6.45, 7) is 7.28. The molecule has 4 nitrogen and oxygen atoms in total. The second-order valence-corrected chi connectivity index (χ2v) is 8.23. The van der Waals surface area contributed by atoms with Crippen LogP contribution in [0, 0.1) is 17.8 Å². The highest BCUT2D eigenvalue weighted by Gasteiger charge is 2.32. The summed E-state index contributed by atoms with van der Waals surface area (Å²) in [7, 11) is 0. The lowest BCUT2D eigenvalue weighted by molar-refractivity contribution is -0.112. The third kappa shape index (κ3) is 3.18. The summed E-state index contributed by atoms with van der Waals surface area (Å²) in [5, 5.41) is 0.765. The third-order valence-electron chi connectivity index (χ3n) is 5.92. The van der Waals surface area contributed by atoms with Crippen LogP contribution in [0.15, 0.2) is 6.20 Å². The first-order valence-corrected chi connectivity index (χ1v) is 9.62. The second kappa shape index (κ2) is 6.64. The van der Waals surface area contributed by atoms with E-state index in [1.807, 2.05) is 6.20 Å². The number of hydrogen-bond donors (Lipinski definition) is 0. The second-order valence-electron chi connectivity index (χ2n) is 7.82. The van der Waals surface area contributed by atoms with Crippen LogP contribution in [-0.4, -0.2) is 42.3 Å². The van der Waals surface area contributed by atoms with Gasteiger partial charge >= 0.3 is 0 Å². The van der Waals surface area contributed by atoms with Gasteiger partial charge in [0.15, 0.2) is 0 Å². The van der Waals surface area contributed by atoms with E-state index in [-0.39, 0.29) is 5.92 Å². The topological polar surface area (TPSA) is 36.4 Å². The predicted octanol–water partition coefficient (Wildman–Crippen LogP) is 3.16. The Morgan fingerprint density at radius 3 is 2.88 bits per heavy atom. The molecular formula is C19H26ClN3O. The summed E-state index contributed by atoms with van der Waals surface area (Å²) in [5.41, 5.74) is 3.72. The number of piperidine rings is 1. The number of nitrogens with zero attached hydrogens (tertiary/aromatic N) is 3. The van der Waals surface area contributed by atoms with Crippen molar-refractivity contribution in [3.63, 3.8) is 0 Å². The Hall–Kier alpha value is -1.13. The molecule has 3 aliphatic rings. The zero-order valence-electron chi connectivity index (χ0n) is 14.4. The fraction of sp³-hybridized carbons (Fsp3) is 0.684. The van der Waals surface area contributed by atoms with Gasteiger partial charge in [-0.25, -0.2) is 0 Å². The highest BCUT2D eigenvalue weighted by molar-refractivity contribution is 6.33. The van der Waals surface area contributed by atoms with E-state index in [1.165, 1.54) is 36.3 Å². The van der Waals surface area contributed by atoms with Crippen molar-refractivity contribution in [2.45, 2.75) is 39.2 Å². The summed E-state index contributed by atoms with van der Waals surface area (Å²) in [5.74, 6) is 1.49. The van der Waals surface area contributed by atoms with E-state index in [4.69, 9.17) is 11.6 Å². The fourth-order valence-electron chi connectivity index (χ4n) is 4.25. The van der Waals surface area contributed by atoms with Gasteiger partial charge in [0.1, 0.15) is 6.29 Å². The lowest BCUT2D eigenvalue weighted by Crippen LogP contribution is -2.41. The Labute approximate surface area is 149 Å². The van der Waals surface area contributed by atoms with E-state index in [0.717, 1.165) is 56.2 Å². The SMILES string of the molecule is C[C@@H]1CN(c2c(Cl)cnc3c2CCN(CC2CC2)C3)CCC1C=O. The van der Waals surface area contributed by atoms with E-state index in [9.17, 15) is 4.79 Å². The molecule has 1 saturated heterocycles. The van der Waals surface area contributed by atoms with Gasteiger partial charge in [0.25, 0.3) is 0 Å². The largest absolute Gasteiger partial charge is 0.370 e. The van der Waals surface area contributed by atoms with Crippen molar-refractivity contribution in [3.8, 4) is 0 Å². The number of carbonyl (C=O) groups excluding carboxylic acids is 1. The Morgan fingerprint density at radius 1 is 1.33 bits per heavy atom. The van der Waals surface area contributed by atoms with Gasteiger partial charge < -0.3 is 9.69 Å². The molecule has 1 aromatic heterocycles. The molecule has 130 valence electrons. The summed E-state index contributed by atoms with van der Waals surface area (Å²) in [4.78, 5) is 20.8. The van der Waals surface area contributed by atoms with Crippen LogP contribution in [0.25, 0.3) is 0 Å². The molecule has 0 N–H and O–H groups in total. The molecule has 4 rings (SSSR count). The van der Waals surface area contributed by atoms with Gasteiger partial charge in [-0.1, -0.05) is 18.5 Å². The van der Waals surface area contributed by atoms with Crippen LogP contribution in [0.5, 0.6) is 0 Å². The molecule has 2 aliphatic heterocycles. The molecule has 5 heteroatoms. The first-order valence-electron chi connectivity index (χ1n) is 9.24. The molecule has 1 aliphatic carbocycles. The molecule has 0 amide bonds. The van der Waals surface area contributed by atoms with Crippen molar-refractivity contribution in [1.29, 1.82) is 0 Å². The van der Waals surface area contributed by atoms with Crippen LogP contribution in [-0.2, 0) is 17.8 Å². The number of fused-ring (bicyclic) bond motifs is 1. The smallest absolute Gasteiger partial charge is 0.123 e. The van der Waals surface area contributed by atoms with Crippen molar-refractivity contribution in [2.75, 3.05) is 31.1 Å². The van der Waals surface area contributed by atoms with E-state index in [1.54, 1.807) is 0 Å². The molecule has 2 fully saturated rings. The van der Waals surface area contributed by atoms with Gasteiger partial charge in [-0.3, -0.25) is 9.88 Å². The van der Waals surface area contributed by atoms with Crippen LogP contribution in [0.2, 0.25) is 5.02 Å². The fourth-order valence-corrected chi connectivity index (χ4v) is 4.53. The van der Waals surface area contributed by atoms with Crippen LogP contribution in [0.1, 0.15) is 37.4 Å². The Morgan fingerprint density at radius 2 is 2.17 bits per heavy atom. The quantitative estimate of drug-likeness (QED) is 0.784. The van der Waals surface area contributed by atoms with Crippen molar-refractivity contribution in [1.82, 2.24) is 9.88 Å². The lowest BCUT2D eigenvalue weighted by atomic mass is 9.87. The maximum atomic E-state index is 11.2. The van der Waals surface area contributed by atoms with E-state index in [0.29, 0.717) is 5.92 Å². The maximum absolute atomic E-state index is 11.2. The van der Waals surface area contributed by atoms with E-state index in [2.05, 4.69) is 21.7 Å². The van der Waals surface area contributed by atoms with Crippen molar-refractivity contribution < 1.29 is 4.79 Å². The van der Waals surface area contributed by atoms with Gasteiger partial charge in [0.2, 0.25) is 0 Å². The van der Waals surface area contributed by atoms with E-state index < -0.39 is 0 Å². The first-order chi connectivity index (χ1) is 11.7. The molecule has 24 heavy (non-hydrogen) atoms. The minimum absolute atomic E-state index is 0.187. The molecule has 0 radical (unpaired) electrons. The van der Waals surface area contributed by atoms with Gasteiger partial charge in [0, 0.05) is 50.4 Å². The van der Waals surface area contributed by atoms with E-state index >= 15 is 0 Å². The van der Waals surface area contributed by atoms with Crippen LogP contribution >= 0.6 is 11.6 Å². The summed E-state index contributed by atoms with van der Waals surface area (Å²) >= 11 is 6.56. The summed E-state index contributed by atoms with van der Waals surface area (Å²) in [6, 6.07) is 0. The number of halogens is 1.